The van der Waals surface area contributed by atoms with Crippen LogP contribution in [0.4, 0.5) is 4.39 Å². The number of hydrogen-bond acceptors (Lipinski definition) is 3. The molecule has 7 heteroatoms. The number of carbonyl (C=O) groups excluding carboxylic acids is 2. The first-order chi connectivity index (χ1) is 9.95. The highest BCUT2D eigenvalue weighted by Gasteiger charge is 2.30. The van der Waals surface area contributed by atoms with Crippen molar-refractivity contribution < 1.29 is 23.9 Å². The van der Waals surface area contributed by atoms with Crippen molar-refractivity contribution in [1.82, 2.24) is 10.6 Å². The van der Waals surface area contributed by atoms with Crippen LogP contribution in [0.3, 0.4) is 0 Å². The van der Waals surface area contributed by atoms with Crippen LogP contribution >= 0.6 is 0 Å². The summed E-state index contributed by atoms with van der Waals surface area (Å²) in [6, 6.07) is 3.58. The average Bonchev–Trinajstić information content (AvgIpc) is 2.87. The maximum atomic E-state index is 12.8. The van der Waals surface area contributed by atoms with Crippen molar-refractivity contribution in [2.75, 3.05) is 0 Å². The minimum atomic E-state index is -1.18. The second-order valence-corrected chi connectivity index (χ2v) is 4.89. The van der Waals surface area contributed by atoms with Crippen LogP contribution in [0.5, 0.6) is 0 Å². The zero-order valence-electron chi connectivity index (χ0n) is 11.1. The maximum Gasteiger partial charge on any atom is 0.326 e. The highest BCUT2D eigenvalue weighted by molar-refractivity contribution is 5.92. The third-order valence-corrected chi connectivity index (χ3v) is 3.28. The lowest BCUT2D eigenvalue weighted by molar-refractivity contribution is -0.142. The number of amides is 2. The van der Waals surface area contributed by atoms with Crippen molar-refractivity contribution in [2.45, 2.75) is 31.3 Å². The molecule has 2 amide bonds. The van der Waals surface area contributed by atoms with Gasteiger partial charge in [-0.25, -0.2) is 9.18 Å². The first kappa shape index (κ1) is 15.0. The molecule has 21 heavy (non-hydrogen) atoms. The lowest BCUT2D eigenvalue weighted by Crippen LogP contribution is -2.49. The van der Waals surface area contributed by atoms with E-state index in [2.05, 4.69) is 10.6 Å². The third-order valence-electron chi connectivity index (χ3n) is 3.28. The lowest BCUT2D eigenvalue weighted by atomic mass is 10.1. The van der Waals surface area contributed by atoms with E-state index in [9.17, 15) is 18.8 Å². The summed E-state index contributed by atoms with van der Waals surface area (Å²) in [5.74, 6) is -2.34. The van der Waals surface area contributed by atoms with Crippen LogP contribution in [-0.4, -0.2) is 35.0 Å². The van der Waals surface area contributed by atoms with Crippen LogP contribution in [0.2, 0.25) is 0 Å². The Hall–Kier alpha value is -2.44. The molecule has 3 N–H and O–H groups in total. The SMILES string of the molecule is O=C1CC[C@H](C(=O)N[C@@H](Cc2ccc(F)cc2)C(=O)O)N1. The molecule has 1 fully saturated rings. The highest BCUT2D eigenvalue weighted by atomic mass is 19.1. The quantitative estimate of drug-likeness (QED) is 0.723. The Labute approximate surface area is 120 Å². The highest BCUT2D eigenvalue weighted by Crippen LogP contribution is 2.09. The first-order valence-corrected chi connectivity index (χ1v) is 6.52. The fourth-order valence-corrected chi connectivity index (χ4v) is 2.14. The molecule has 1 aliphatic rings. The number of hydrogen-bond donors (Lipinski definition) is 3. The summed E-state index contributed by atoms with van der Waals surface area (Å²) in [5, 5.41) is 14.0. The molecule has 0 bridgehead atoms. The molecule has 1 saturated heterocycles. The Morgan fingerprint density at radius 2 is 2.05 bits per heavy atom. The van der Waals surface area contributed by atoms with Crippen LogP contribution < -0.4 is 10.6 Å². The van der Waals surface area contributed by atoms with Gasteiger partial charge >= 0.3 is 5.97 Å². The van der Waals surface area contributed by atoms with Crippen molar-refractivity contribution in [1.29, 1.82) is 0 Å². The van der Waals surface area contributed by atoms with E-state index in [1.54, 1.807) is 0 Å². The van der Waals surface area contributed by atoms with Gasteiger partial charge in [-0.2, -0.15) is 0 Å². The van der Waals surface area contributed by atoms with Crippen LogP contribution in [0, 0.1) is 5.82 Å². The van der Waals surface area contributed by atoms with Crippen LogP contribution in [0.25, 0.3) is 0 Å². The second-order valence-electron chi connectivity index (χ2n) is 4.89. The Bertz CT molecular complexity index is 559. The molecule has 1 aromatic carbocycles. The molecule has 1 aromatic rings. The van der Waals surface area contributed by atoms with Gasteiger partial charge in [0.15, 0.2) is 0 Å². The second kappa shape index (κ2) is 6.34. The van der Waals surface area contributed by atoms with E-state index in [0.29, 0.717) is 12.0 Å². The summed E-state index contributed by atoms with van der Waals surface area (Å²) in [5.41, 5.74) is 0.597. The molecule has 2 atom stereocenters. The van der Waals surface area contributed by atoms with Gasteiger partial charge in [-0.3, -0.25) is 9.59 Å². The number of halogens is 1. The Morgan fingerprint density at radius 1 is 1.38 bits per heavy atom. The molecule has 6 nitrogen and oxygen atoms in total. The standard InChI is InChI=1S/C14H15FN2O4/c15-9-3-1-8(2-4-9)7-11(14(20)21)17-13(19)10-5-6-12(18)16-10/h1-4,10-11H,5-7H2,(H,16,18)(H,17,19)(H,20,21)/t10-,11+/m1/s1. The predicted molar refractivity (Wildman–Crippen MR) is 70.8 cm³/mol. The molecule has 0 saturated carbocycles. The zero-order chi connectivity index (χ0) is 15.4. The molecule has 1 heterocycles. The summed E-state index contributed by atoms with van der Waals surface area (Å²) in [6.45, 7) is 0. The molecule has 2 rings (SSSR count). The van der Waals surface area contributed by atoms with E-state index >= 15 is 0 Å². The van der Waals surface area contributed by atoms with Gasteiger partial charge in [0.1, 0.15) is 17.9 Å². The van der Waals surface area contributed by atoms with Crippen molar-refractivity contribution in [3.05, 3.63) is 35.6 Å². The largest absolute Gasteiger partial charge is 0.480 e. The summed E-state index contributed by atoms with van der Waals surface area (Å²) in [4.78, 5) is 34.2. The number of carboxylic acid groups (broad SMARTS) is 1. The minimum absolute atomic E-state index is 0.0437. The van der Waals surface area contributed by atoms with E-state index in [0.717, 1.165) is 0 Å². The lowest BCUT2D eigenvalue weighted by Gasteiger charge is -2.17. The van der Waals surface area contributed by atoms with Crippen molar-refractivity contribution in [3.8, 4) is 0 Å². The van der Waals surface area contributed by atoms with Gasteiger partial charge in [-0.1, -0.05) is 12.1 Å². The number of rotatable bonds is 5. The molecule has 112 valence electrons. The van der Waals surface area contributed by atoms with Gasteiger partial charge in [0.05, 0.1) is 0 Å². The van der Waals surface area contributed by atoms with Gasteiger partial charge in [0.2, 0.25) is 11.8 Å². The summed E-state index contributed by atoms with van der Waals surface area (Å²) in [6.07, 6.45) is 0.656. The number of benzene rings is 1. The van der Waals surface area contributed by atoms with Gasteiger partial charge in [0, 0.05) is 12.8 Å². The maximum absolute atomic E-state index is 12.8. The Morgan fingerprint density at radius 3 is 2.57 bits per heavy atom. The average molecular weight is 294 g/mol. The molecular formula is C14H15FN2O4. The monoisotopic (exact) mass is 294 g/mol. The molecule has 1 aliphatic heterocycles. The molecule has 0 spiro atoms. The molecular weight excluding hydrogens is 279 g/mol. The molecule has 0 unspecified atom stereocenters. The smallest absolute Gasteiger partial charge is 0.326 e. The van der Waals surface area contributed by atoms with E-state index in [1.807, 2.05) is 0 Å². The van der Waals surface area contributed by atoms with Crippen molar-refractivity contribution in [3.63, 3.8) is 0 Å². The summed E-state index contributed by atoms with van der Waals surface area (Å²) >= 11 is 0. The normalized spacial score (nSPS) is 18.9. The van der Waals surface area contributed by atoms with E-state index in [1.165, 1.54) is 24.3 Å². The molecule has 0 radical (unpaired) electrons. The zero-order valence-corrected chi connectivity index (χ0v) is 11.1. The Balaban J connectivity index is 1.99. The number of nitrogens with one attached hydrogen (secondary N) is 2. The number of carbonyl (C=O) groups is 3. The van der Waals surface area contributed by atoms with Crippen molar-refractivity contribution >= 4 is 17.8 Å². The minimum Gasteiger partial charge on any atom is -0.480 e. The van der Waals surface area contributed by atoms with E-state index in [-0.39, 0.29) is 18.7 Å². The molecule has 0 aliphatic carbocycles. The van der Waals surface area contributed by atoms with E-state index < -0.39 is 29.8 Å². The Kier molecular flexibility index (Phi) is 4.52. The van der Waals surface area contributed by atoms with Crippen LogP contribution in [0.1, 0.15) is 18.4 Å². The van der Waals surface area contributed by atoms with Gasteiger partial charge < -0.3 is 15.7 Å². The van der Waals surface area contributed by atoms with Crippen molar-refractivity contribution in [2.24, 2.45) is 0 Å². The van der Waals surface area contributed by atoms with Crippen LogP contribution in [0.15, 0.2) is 24.3 Å². The summed E-state index contributed by atoms with van der Waals surface area (Å²) in [7, 11) is 0. The number of carboxylic acids is 1. The molecule has 0 aromatic heterocycles. The van der Waals surface area contributed by atoms with Gasteiger partial charge in [0.25, 0.3) is 0 Å². The first-order valence-electron chi connectivity index (χ1n) is 6.52. The summed E-state index contributed by atoms with van der Waals surface area (Å²) < 4.78 is 12.8. The topological polar surface area (TPSA) is 95.5 Å². The predicted octanol–water partition coefficient (Wildman–Crippen LogP) is 0.216. The van der Waals surface area contributed by atoms with Crippen LogP contribution in [-0.2, 0) is 20.8 Å². The van der Waals surface area contributed by atoms with Gasteiger partial charge in [-0.05, 0) is 24.1 Å². The fraction of sp³-hybridized carbons (Fsp3) is 0.357. The van der Waals surface area contributed by atoms with E-state index in [4.69, 9.17) is 5.11 Å². The van der Waals surface area contributed by atoms with Gasteiger partial charge in [-0.15, -0.1) is 0 Å². The third kappa shape index (κ3) is 4.01. The fourth-order valence-electron chi connectivity index (χ4n) is 2.14. The number of aliphatic carboxylic acids is 1.